The first kappa shape index (κ1) is 15.0. The Hall–Kier alpha value is -1.37. The fourth-order valence-electron chi connectivity index (χ4n) is 2.58. The van der Waals surface area contributed by atoms with Crippen LogP contribution < -0.4 is 5.30 Å². The standard InChI is InChI=1S/C17H21O2P/c1-13-10-14(2)17(15(3)11-13)12-20(18,19-4)16-8-6-5-7-9-16/h5-11H,12H2,1-4H3. The van der Waals surface area contributed by atoms with E-state index >= 15 is 0 Å². The van der Waals surface area contributed by atoms with E-state index in [-0.39, 0.29) is 0 Å². The van der Waals surface area contributed by atoms with Gasteiger partial charge in [-0.25, -0.2) is 0 Å². The molecule has 0 saturated carbocycles. The van der Waals surface area contributed by atoms with Crippen molar-refractivity contribution < 1.29 is 9.09 Å². The van der Waals surface area contributed by atoms with Crippen LogP contribution in [0.2, 0.25) is 0 Å². The van der Waals surface area contributed by atoms with Gasteiger partial charge in [-0.05, 0) is 49.6 Å². The molecular weight excluding hydrogens is 267 g/mol. The molecule has 0 bridgehead atoms. The predicted octanol–water partition coefficient (Wildman–Crippen LogP) is 4.36. The van der Waals surface area contributed by atoms with Gasteiger partial charge in [0.2, 0.25) is 7.37 Å². The zero-order chi connectivity index (χ0) is 14.8. The molecule has 0 fully saturated rings. The molecule has 2 nitrogen and oxygen atoms in total. The number of rotatable bonds is 4. The Morgan fingerprint density at radius 3 is 2.05 bits per heavy atom. The first-order valence-electron chi connectivity index (χ1n) is 6.73. The lowest BCUT2D eigenvalue weighted by Gasteiger charge is -2.19. The lowest BCUT2D eigenvalue weighted by Crippen LogP contribution is -2.09. The van der Waals surface area contributed by atoms with Crippen LogP contribution in [-0.2, 0) is 15.3 Å². The van der Waals surface area contributed by atoms with Gasteiger partial charge in [0.15, 0.2) is 0 Å². The van der Waals surface area contributed by atoms with E-state index in [0.717, 1.165) is 10.9 Å². The fourth-order valence-corrected chi connectivity index (χ4v) is 4.65. The summed E-state index contributed by atoms with van der Waals surface area (Å²) in [6.07, 6.45) is 0.450. The van der Waals surface area contributed by atoms with Gasteiger partial charge in [0, 0.05) is 12.4 Å². The molecule has 2 aromatic carbocycles. The van der Waals surface area contributed by atoms with Crippen LogP contribution in [0.3, 0.4) is 0 Å². The molecule has 0 spiro atoms. The summed E-state index contributed by atoms with van der Waals surface area (Å²) >= 11 is 0. The molecule has 20 heavy (non-hydrogen) atoms. The van der Waals surface area contributed by atoms with E-state index in [4.69, 9.17) is 4.52 Å². The van der Waals surface area contributed by atoms with Crippen molar-refractivity contribution in [3.63, 3.8) is 0 Å². The van der Waals surface area contributed by atoms with Gasteiger partial charge in [-0.3, -0.25) is 4.57 Å². The lowest BCUT2D eigenvalue weighted by atomic mass is 10.0. The van der Waals surface area contributed by atoms with E-state index < -0.39 is 7.37 Å². The van der Waals surface area contributed by atoms with Crippen LogP contribution in [0.25, 0.3) is 0 Å². The Bertz CT molecular complexity index is 624. The second-order valence-corrected chi connectivity index (χ2v) is 7.77. The highest BCUT2D eigenvalue weighted by Gasteiger charge is 2.26. The van der Waals surface area contributed by atoms with Gasteiger partial charge in [-0.15, -0.1) is 0 Å². The van der Waals surface area contributed by atoms with Gasteiger partial charge >= 0.3 is 0 Å². The minimum Gasteiger partial charge on any atom is -0.328 e. The minimum absolute atomic E-state index is 0.450. The molecule has 3 heteroatoms. The Balaban J connectivity index is 2.44. The fraction of sp³-hybridized carbons (Fsp3) is 0.294. The van der Waals surface area contributed by atoms with E-state index in [0.29, 0.717) is 6.16 Å². The Labute approximate surface area is 121 Å². The normalized spacial score (nSPS) is 14.0. The summed E-state index contributed by atoms with van der Waals surface area (Å²) in [4.78, 5) is 0. The molecule has 0 aliphatic rings. The van der Waals surface area contributed by atoms with Crippen molar-refractivity contribution in [3.8, 4) is 0 Å². The third-order valence-electron chi connectivity index (χ3n) is 3.65. The Morgan fingerprint density at radius 2 is 1.55 bits per heavy atom. The van der Waals surface area contributed by atoms with E-state index in [1.165, 1.54) is 23.8 Å². The molecule has 0 heterocycles. The number of benzene rings is 2. The first-order valence-corrected chi connectivity index (χ1v) is 8.54. The van der Waals surface area contributed by atoms with Gasteiger partial charge in [0.05, 0.1) is 6.16 Å². The molecule has 0 aromatic heterocycles. The van der Waals surface area contributed by atoms with Crippen LogP contribution in [-0.4, -0.2) is 7.11 Å². The van der Waals surface area contributed by atoms with Crippen LogP contribution in [0.15, 0.2) is 42.5 Å². The summed E-state index contributed by atoms with van der Waals surface area (Å²) in [5.41, 5.74) is 4.71. The number of hydrogen-bond donors (Lipinski definition) is 0. The number of aryl methyl sites for hydroxylation is 3. The summed E-state index contributed by atoms with van der Waals surface area (Å²) in [5.74, 6) is 0. The van der Waals surface area contributed by atoms with Crippen LogP contribution in [0.1, 0.15) is 22.3 Å². The van der Waals surface area contributed by atoms with E-state index in [1.807, 2.05) is 30.3 Å². The highest BCUT2D eigenvalue weighted by Crippen LogP contribution is 2.49. The molecule has 1 atom stereocenters. The molecule has 0 aliphatic heterocycles. The van der Waals surface area contributed by atoms with Gasteiger partial charge in [-0.2, -0.15) is 0 Å². The summed E-state index contributed by atoms with van der Waals surface area (Å²) in [6, 6.07) is 13.7. The summed E-state index contributed by atoms with van der Waals surface area (Å²) in [6.45, 7) is 6.22. The zero-order valence-electron chi connectivity index (χ0n) is 12.5. The van der Waals surface area contributed by atoms with E-state index in [9.17, 15) is 4.57 Å². The molecule has 0 N–H and O–H groups in total. The zero-order valence-corrected chi connectivity index (χ0v) is 13.4. The predicted molar refractivity (Wildman–Crippen MR) is 85.0 cm³/mol. The quantitative estimate of drug-likeness (QED) is 0.781. The Morgan fingerprint density at radius 1 is 1.00 bits per heavy atom. The van der Waals surface area contributed by atoms with Crippen molar-refractivity contribution in [1.29, 1.82) is 0 Å². The maximum atomic E-state index is 13.1. The average molecular weight is 288 g/mol. The topological polar surface area (TPSA) is 26.3 Å². The third-order valence-corrected chi connectivity index (χ3v) is 6.06. The molecule has 1 unspecified atom stereocenters. The number of hydrogen-bond acceptors (Lipinski definition) is 2. The van der Waals surface area contributed by atoms with Crippen molar-refractivity contribution in [2.24, 2.45) is 0 Å². The van der Waals surface area contributed by atoms with E-state index in [2.05, 4.69) is 32.9 Å². The first-order chi connectivity index (χ1) is 9.46. The molecule has 106 valence electrons. The SMILES string of the molecule is COP(=O)(Cc1c(C)cc(C)cc1C)c1ccccc1. The smallest absolute Gasteiger partial charge is 0.236 e. The summed E-state index contributed by atoms with van der Waals surface area (Å²) in [5, 5.41) is 0.780. The van der Waals surface area contributed by atoms with Gasteiger partial charge in [0.1, 0.15) is 0 Å². The Kier molecular flexibility index (Phi) is 4.47. The van der Waals surface area contributed by atoms with Crippen molar-refractivity contribution in [1.82, 2.24) is 0 Å². The minimum atomic E-state index is -2.84. The second kappa shape index (κ2) is 5.95. The van der Waals surface area contributed by atoms with Gasteiger partial charge in [0.25, 0.3) is 0 Å². The second-order valence-electron chi connectivity index (χ2n) is 5.23. The summed E-state index contributed by atoms with van der Waals surface area (Å²) in [7, 11) is -1.31. The highest BCUT2D eigenvalue weighted by molar-refractivity contribution is 7.66. The van der Waals surface area contributed by atoms with Crippen LogP contribution >= 0.6 is 7.37 Å². The van der Waals surface area contributed by atoms with Crippen LogP contribution in [0.4, 0.5) is 0 Å². The molecule has 2 aromatic rings. The van der Waals surface area contributed by atoms with Crippen molar-refractivity contribution in [3.05, 3.63) is 64.7 Å². The maximum absolute atomic E-state index is 13.1. The molecule has 0 amide bonds. The largest absolute Gasteiger partial charge is 0.328 e. The van der Waals surface area contributed by atoms with Crippen LogP contribution in [0.5, 0.6) is 0 Å². The van der Waals surface area contributed by atoms with Gasteiger partial charge < -0.3 is 4.52 Å². The van der Waals surface area contributed by atoms with Crippen molar-refractivity contribution >= 4 is 12.7 Å². The third kappa shape index (κ3) is 3.03. The van der Waals surface area contributed by atoms with Crippen molar-refractivity contribution in [2.75, 3.05) is 7.11 Å². The highest BCUT2D eigenvalue weighted by atomic mass is 31.2. The van der Waals surface area contributed by atoms with Gasteiger partial charge in [-0.1, -0.05) is 35.9 Å². The maximum Gasteiger partial charge on any atom is 0.236 e. The average Bonchev–Trinajstić information content (AvgIpc) is 2.43. The molecule has 0 saturated heterocycles. The lowest BCUT2D eigenvalue weighted by molar-refractivity contribution is 0.402. The van der Waals surface area contributed by atoms with Crippen LogP contribution in [0, 0.1) is 20.8 Å². The molecule has 0 aliphatic carbocycles. The molecule has 0 radical (unpaired) electrons. The van der Waals surface area contributed by atoms with Crippen molar-refractivity contribution in [2.45, 2.75) is 26.9 Å². The molecular formula is C17H21O2P. The van der Waals surface area contributed by atoms with E-state index in [1.54, 1.807) is 0 Å². The monoisotopic (exact) mass is 288 g/mol. The molecule has 2 rings (SSSR count). The summed E-state index contributed by atoms with van der Waals surface area (Å²) < 4.78 is 18.5.